The Morgan fingerprint density at radius 3 is 2.52 bits per heavy atom. The molecule has 0 spiro atoms. The van der Waals surface area contributed by atoms with Crippen molar-refractivity contribution in [3.8, 4) is 0 Å². The lowest BCUT2D eigenvalue weighted by atomic mass is 10.1. The summed E-state index contributed by atoms with van der Waals surface area (Å²) in [4.78, 5) is 23.6. The molecule has 1 aromatic heterocycles. The summed E-state index contributed by atoms with van der Waals surface area (Å²) in [5.41, 5.74) is 0.738. The van der Waals surface area contributed by atoms with E-state index in [1.165, 1.54) is 13.8 Å². The second-order valence-electron chi connectivity index (χ2n) is 6.25. The lowest BCUT2D eigenvalue weighted by molar-refractivity contribution is -0.146. The molecule has 0 aliphatic heterocycles. The van der Waals surface area contributed by atoms with Gasteiger partial charge in [0.2, 0.25) is 10.0 Å². The van der Waals surface area contributed by atoms with Crippen LogP contribution in [0.5, 0.6) is 0 Å². The highest BCUT2D eigenvalue weighted by Gasteiger charge is 2.25. The quantitative estimate of drug-likeness (QED) is 0.562. The maximum absolute atomic E-state index is 12.2. The van der Waals surface area contributed by atoms with E-state index < -0.39 is 35.1 Å². The van der Waals surface area contributed by atoms with Gasteiger partial charge in [0.25, 0.3) is 5.91 Å². The highest BCUT2D eigenvalue weighted by Crippen LogP contribution is 2.19. The number of amides is 1. The molecule has 0 radical (unpaired) electrons. The molecule has 0 bridgehead atoms. The third-order valence-electron chi connectivity index (χ3n) is 4.04. The van der Waals surface area contributed by atoms with Crippen molar-refractivity contribution >= 4 is 38.4 Å². The second-order valence-corrected chi connectivity index (χ2v) is 7.95. The van der Waals surface area contributed by atoms with Crippen LogP contribution in [0.4, 0.5) is 5.69 Å². The SMILES string of the molecule is Cc1noc(C)c1S(=O)(=O)NCC(=O)OCC(=O)Nc1ccc2ccccc2c1. The summed E-state index contributed by atoms with van der Waals surface area (Å²) < 4.78 is 36.2. The van der Waals surface area contributed by atoms with Crippen LogP contribution in [0.15, 0.2) is 51.9 Å². The van der Waals surface area contributed by atoms with Crippen molar-refractivity contribution in [2.75, 3.05) is 18.5 Å². The van der Waals surface area contributed by atoms with Crippen LogP contribution in [0, 0.1) is 13.8 Å². The number of carbonyl (C=O) groups excluding carboxylic acids is 2. The van der Waals surface area contributed by atoms with Gasteiger partial charge >= 0.3 is 5.97 Å². The minimum absolute atomic E-state index is 0.109. The first-order valence-electron chi connectivity index (χ1n) is 8.63. The van der Waals surface area contributed by atoms with Crippen molar-refractivity contribution < 1.29 is 27.3 Å². The first kappa shape index (κ1) is 20.5. The van der Waals surface area contributed by atoms with E-state index in [1.807, 2.05) is 30.3 Å². The van der Waals surface area contributed by atoms with Crippen LogP contribution >= 0.6 is 0 Å². The number of benzene rings is 2. The zero-order valence-corrected chi connectivity index (χ0v) is 16.6. The average molecular weight is 417 g/mol. The van der Waals surface area contributed by atoms with Crippen LogP contribution in [0.1, 0.15) is 11.5 Å². The molecule has 10 heteroatoms. The standard InChI is InChI=1S/C19H19N3O6S/c1-12-19(13(2)28-22-12)29(25,26)20-10-18(24)27-11-17(23)21-16-8-7-14-5-3-4-6-15(14)9-16/h3-9,20H,10-11H2,1-2H3,(H,21,23). The third-order valence-corrected chi connectivity index (χ3v) is 5.69. The molecule has 9 nitrogen and oxygen atoms in total. The molecule has 0 unspecified atom stereocenters. The van der Waals surface area contributed by atoms with Crippen LogP contribution in [0.3, 0.4) is 0 Å². The van der Waals surface area contributed by atoms with Gasteiger partial charge in [0.1, 0.15) is 17.1 Å². The van der Waals surface area contributed by atoms with Crippen LogP contribution in [0.2, 0.25) is 0 Å². The van der Waals surface area contributed by atoms with E-state index in [2.05, 4.69) is 15.2 Å². The van der Waals surface area contributed by atoms with E-state index in [1.54, 1.807) is 12.1 Å². The average Bonchev–Trinajstić information content (AvgIpc) is 3.03. The predicted molar refractivity (Wildman–Crippen MR) is 105 cm³/mol. The van der Waals surface area contributed by atoms with E-state index in [0.29, 0.717) is 5.69 Å². The zero-order chi connectivity index (χ0) is 21.0. The van der Waals surface area contributed by atoms with Gasteiger partial charge in [-0.05, 0) is 36.8 Å². The number of rotatable bonds is 7. The highest BCUT2D eigenvalue weighted by molar-refractivity contribution is 7.89. The Hall–Kier alpha value is -3.24. The molecule has 1 amide bonds. The number of fused-ring (bicyclic) bond motifs is 1. The van der Waals surface area contributed by atoms with Crippen LogP contribution in [-0.2, 0) is 24.3 Å². The second kappa shape index (κ2) is 8.41. The number of anilines is 1. The van der Waals surface area contributed by atoms with E-state index in [9.17, 15) is 18.0 Å². The summed E-state index contributed by atoms with van der Waals surface area (Å²) in [7, 11) is -3.99. The third kappa shape index (κ3) is 4.98. The molecule has 0 atom stereocenters. The fourth-order valence-corrected chi connectivity index (χ4v) is 4.04. The Morgan fingerprint density at radius 2 is 1.83 bits per heavy atom. The number of aromatic nitrogens is 1. The molecule has 0 saturated carbocycles. The number of ether oxygens (including phenoxy) is 1. The van der Waals surface area contributed by atoms with E-state index in [4.69, 9.17) is 9.26 Å². The maximum atomic E-state index is 12.2. The Labute approximate surface area is 167 Å². The molecule has 3 aromatic rings. The fraction of sp³-hybridized carbons (Fsp3) is 0.211. The molecule has 0 fully saturated rings. The molecule has 2 aromatic carbocycles. The summed E-state index contributed by atoms with van der Waals surface area (Å²) in [6.45, 7) is 1.75. The summed E-state index contributed by atoms with van der Waals surface area (Å²) >= 11 is 0. The first-order chi connectivity index (χ1) is 13.8. The molecule has 3 rings (SSSR count). The topological polar surface area (TPSA) is 128 Å². The molecule has 2 N–H and O–H groups in total. The van der Waals surface area contributed by atoms with Crippen molar-refractivity contribution in [2.24, 2.45) is 0 Å². The van der Waals surface area contributed by atoms with Gasteiger partial charge in [-0.25, -0.2) is 8.42 Å². The number of hydrogen-bond donors (Lipinski definition) is 2. The Kier molecular flexibility index (Phi) is 5.95. The van der Waals surface area contributed by atoms with Gasteiger partial charge in [-0.15, -0.1) is 0 Å². The maximum Gasteiger partial charge on any atom is 0.321 e. The van der Waals surface area contributed by atoms with E-state index in [0.717, 1.165) is 10.8 Å². The van der Waals surface area contributed by atoms with Gasteiger partial charge in [0.15, 0.2) is 12.4 Å². The van der Waals surface area contributed by atoms with Crippen molar-refractivity contribution in [2.45, 2.75) is 18.7 Å². The number of aryl methyl sites for hydroxylation is 2. The molecular formula is C19H19N3O6S. The molecule has 0 aliphatic rings. The zero-order valence-electron chi connectivity index (χ0n) is 15.8. The number of nitrogens with zero attached hydrogens (tertiary/aromatic N) is 1. The number of carbonyl (C=O) groups is 2. The van der Waals surface area contributed by atoms with Gasteiger partial charge < -0.3 is 14.6 Å². The normalized spacial score (nSPS) is 11.4. The summed E-state index contributed by atoms with van der Waals surface area (Å²) in [6, 6.07) is 13.1. The minimum Gasteiger partial charge on any atom is -0.455 e. The number of hydrogen-bond acceptors (Lipinski definition) is 7. The predicted octanol–water partition coefficient (Wildman–Crippen LogP) is 1.90. The van der Waals surface area contributed by atoms with Crippen LogP contribution < -0.4 is 10.0 Å². The molecule has 29 heavy (non-hydrogen) atoms. The van der Waals surface area contributed by atoms with Crippen molar-refractivity contribution in [1.82, 2.24) is 9.88 Å². The molecule has 0 aliphatic carbocycles. The Bertz CT molecular complexity index is 1150. The fourth-order valence-electron chi connectivity index (χ4n) is 2.75. The van der Waals surface area contributed by atoms with Gasteiger partial charge in [-0.3, -0.25) is 9.59 Å². The Balaban J connectivity index is 1.50. The molecule has 0 saturated heterocycles. The van der Waals surface area contributed by atoms with Crippen LogP contribution in [0.25, 0.3) is 10.8 Å². The largest absolute Gasteiger partial charge is 0.455 e. The van der Waals surface area contributed by atoms with Gasteiger partial charge in [0, 0.05) is 5.69 Å². The lowest BCUT2D eigenvalue weighted by Gasteiger charge is -2.08. The van der Waals surface area contributed by atoms with Crippen molar-refractivity contribution in [3.63, 3.8) is 0 Å². The van der Waals surface area contributed by atoms with Crippen molar-refractivity contribution in [1.29, 1.82) is 0 Å². The number of nitrogens with one attached hydrogen (secondary N) is 2. The highest BCUT2D eigenvalue weighted by atomic mass is 32.2. The number of esters is 1. The van der Waals surface area contributed by atoms with E-state index >= 15 is 0 Å². The van der Waals surface area contributed by atoms with E-state index in [-0.39, 0.29) is 16.3 Å². The summed E-state index contributed by atoms with van der Waals surface area (Å²) in [6.07, 6.45) is 0. The van der Waals surface area contributed by atoms with Gasteiger partial charge in [-0.1, -0.05) is 35.5 Å². The summed E-state index contributed by atoms with van der Waals surface area (Å²) in [5.74, 6) is -1.32. The Morgan fingerprint density at radius 1 is 1.10 bits per heavy atom. The molecular weight excluding hydrogens is 398 g/mol. The smallest absolute Gasteiger partial charge is 0.321 e. The molecule has 1 heterocycles. The van der Waals surface area contributed by atoms with Crippen molar-refractivity contribution in [3.05, 3.63) is 53.9 Å². The monoisotopic (exact) mass is 417 g/mol. The first-order valence-corrected chi connectivity index (χ1v) is 10.1. The lowest BCUT2D eigenvalue weighted by Crippen LogP contribution is -2.32. The molecule has 152 valence electrons. The van der Waals surface area contributed by atoms with Crippen LogP contribution in [-0.4, -0.2) is 38.6 Å². The summed E-state index contributed by atoms with van der Waals surface area (Å²) in [5, 5.41) is 8.17. The van der Waals surface area contributed by atoms with Gasteiger partial charge in [0.05, 0.1) is 0 Å². The van der Waals surface area contributed by atoms with Gasteiger partial charge in [-0.2, -0.15) is 4.72 Å². The number of sulfonamides is 1. The minimum atomic E-state index is -3.99.